The van der Waals surface area contributed by atoms with Gasteiger partial charge in [-0.15, -0.1) is 0 Å². The SMILES string of the molecule is COc1cccc(C(C(=O)O)N2CCNCC2)c1OC. The Balaban J connectivity index is 2.40. The molecule has 0 spiro atoms. The molecule has 0 bridgehead atoms. The Labute approximate surface area is 118 Å². The van der Waals surface area contributed by atoms with Crippen molar-refractivity contribution in [2.75, 3.05) is 40.4 Å². The summed E-state index contributed by atoms with van der Waals surface area (Å²) in [5.41, 5.74) is 0.626. The van der Waals surface area contributed by atoms with Gasteiger partial charge in [-0.2, -0.15) is 0 Å². The minimum atomic E-state index is -0.876. The van der Waals surface area contributed by atoms with Crippen LogP contribution in [-0.2, 0) is 4.79 Å². The number of hydrogen-bond acceptors (Lipinski definition) is 5. The lowest BCUT2D eigenvalue weighted by Gasteiger charge is -2.33. The van der Waals surface area contributed by atoms with Gasteiger partial charge < -0.3 is 19.9 Å². The number of rotatable bonds is 5. The number of methoxy groups -OCH3 is 2. The van der Waals surface area contributed by atoms with E-state index >= 15 is 0 Å². The lowest BCUT2D eigenvalue weighted by Crippen LogP contribution is -2.47. The van der Waals surface area contributed by atoms with Crippen molar-refractivity contribution >= 4 is 5.97 Å². The Morgan fingerprint density at radius 1 is 1.30 bits per heavy atom. The van der Waals surface area contributed by atoms with Crippen LogP contribution in [0.25, 0.3) is 0 Å². The highest BCUT2D eigenvalue weighted by Gasteiger charge is 2.31. The Hall–Kier alpha value is -1.79. The van der Waals surface area contributed by atoms with Crippen molar-refractivity contribution in [2.45, 2.75) is 6.04 Å². The summed E-state index contributed by atoms with van der Waals surface area (Å²) in [6.45, 7) is 2.96. The Morgan fingerprint density at radius 3 is 2.55 bits per heavy atom. The maximum atomic E-state index is 11.7. The first-order valence-electron chi connectivity index (χ1n) is 6.57. The smallest absolute Gasteiger partial charge is 0.325 e. The molecular formula is C14H20N2O4. The molecule has 6 nitrogen and oxygen atoms in total. The lowest BCUT2D eigenvalue weighted by atomic mass is 10.0. The van der Waals surface area contributed by atoms with Crippen LogP contribution in [-0.4, -0.2) is 56.4 Å². The van der Waals surface area contributed by atoms with Crippen molar-refractivity contribution in [2.24, 2.45) is 0 Å². The van der Waals surface area contributed by atoms with Crippen molar-refractivity contribution in [1.82, 2.24) is 10.2 Å². The summed E-state index contributed by atoms with van der Waals surface area (Å²) in [4.78, 5) is 13.6. The van der Waals surface area contributed by atoms with E-state index in [1.807, 2.05) is 4.90 Å². The molecule has 1 aromatic carbocycles. The first-order chi connectivity index (χ1) is 9.69. The lowest BCUT2D eigenvalue weighted by molar-refractivity contribution is -0.144. The average Bonchev–Trinajstić information content (AvgIpc) is 2.48. The summed E-state index contributed by atoms with van der Waals surface area (Å²) < 4.78 is 10.6. The highest BCUT2D eigenvalue weighted by molar-refractivity contribution is 5.77. The van der Waals surface area contributed by atoms with E-state index in [2.05, 4.69) is 5.32 Å². The second-order valence-electron chi connectivity index (χ2n) is 4.61. The van der Waals surface area contributed by atoms with Crippen LogP contribution in [0.5, 0.6) is 11.5 Å². The van der Waals surface area contributed by atoms with Gasteiger partial charge in [0.2, 0.25) is 0 Å². The molecule has 1 aliphatic heterocycles. The van der Waals surface area contributed by atoms with Crippen LogP contribution >= 0.6 is 0 Å². The summed E-state index contributed by atoms with van der Waals surface area (Å²) in [5, 5.41) is 12.8. The number of aliphatic carboxylic acids is 1. The van der Waals surface area contributed by atoms with Gasteiger partial charge in [0.1, 0.15) is 6.04 Å². The predicted octanol–water partition coefficient (Wildman–Crippen LogP) is 0.735. The molecule has 20 heavy (non-hydrogen) atoms. The summed E-state index contributed by atoms with van der Waals surface area (Å²) >= 11 is 0. The molecule has 2 N–H and O–H groups in total. The zero-order chi connectivity index (χ0) is 14.5. The van der Waals surface area contributed by atoms with Crippen molar-refractivity contribution < 1.29 is 19.4 Å². The third kappa shape index (κ3) is 2.86. The number of carboxylic acids is 1. The molecular weight excluding hydrogens is 260 g/mol. The quantitative estimate of drug-likeness (QED) is 0.829. The topological polar surface area (TPSA) is 71.0 Å². The molecule has 1 heterocycles. The van der Waals surface area contributed by atoms with Gasteiger partial charge in [-0.25, -0.2) is 0 Å². The molecule has 0 radical (unpaired) electrons. The first kappa shape index (κ1) is 14.6. The average molecular weight is 280 g/mol. The number of benzene rings is 1. The standard InChI is InChI=1S/C14H20N2O4/c1-19-11-5-3-4-10(13(11)20-2)12(14(17)18)16-8-6-15-7-9-16/h3-5,12,15H,6-9H2,1-2H3,(H,17,18). The minimum Gasteiger partial charge on any atom is -0.493 e. The summed E-state index contributed by atoms with van der Waals surface area (Å²) in [5.74, 6) is 0.158. The second kappa shape index (κ2) is 6.58. The van der Waals surface area contributed by atoms with Crippen molar-refractivity contribution in [3.63, 3.8) is 0 Å². The summed E-state index contributed by atoms with van der Waals surface area (Å²) in [6, 6.07) is 4.61. The van der Waals surface area contributed by atoms with Crippen LogP contribution in [0.15, 0.2) is 18.2 Å². The molecule has 1 saturated heterocycles. The number of ether oxygens (including phenoxy) is 2. The zero-order valence-electron chi connectivity index (χ0n) is 11.8. The van der Waals surface area contributed by atoms with Gasteiger partial charge in [-0.05, 0) is 6.07 Å². The maximum Gasteiger partial charge on any atom is 0.325 e. The molecule has 110 valence electrons. The number of para-hydroxylation sites is 1. The highest BCUT2D eigenvalue weighted by Crippen LogP contribution is 2.37. The fourth-order valence-corrected chi connectivity index (χ4v) is 2.55. The van der Waals surface area contributed by atoms with Gasteiger partial charge in [-0.3, -0.25) is 9.69 Å². The molecule has 1 aliphatic rings. The Bertz CT molecular complexity index is 472. The van der Waals surface area contributed by atoms with Gasteiger partial charge in [0.15, 0.2) is 11.5 Å². The molecule has 0 aliphatic carbocycles. The number of nitrogens with one attached hydrogen (secondary N) is 1. The number of carboxylic acid groups (broad SMARTS) is 1. The number of piperazine rings is 1. The third-order valence-corrected chi connectivity index (χ3v) is 3.48. The number of carbonyl (C=O) groups is 1. The number of hydrogen-bond donors (Lipinski definition) is 2. The summed E-state index contributed by atoms with van der Waals surface area (Å²) in [6.07, 6.45) is 0. The molecule has 0 aromatic heterocycles. The predicted molar refractivity (Wildman–Crippen MR) is 74.4 cm³/mol. The van der Waals surface area contributed by atoms with Crippen molar-refractivity contribution in [1.29, 1.82) is 0 Å². The molecule has 0 amide bonds. The third-order valence-electron chi connectivity index (χ3n) is 3.48. The van der Waals surface area contributed by atoms with Crippen LogP contribution in [0.2, 0.25) is 0 Å². The fourth-order valence-electron chi connectivity index (χ4n) is 2.55. The largest absolute Gasteiger partial charge is 0.493 e. The summed E-state index contributed by atoms with van der Waals surface area (Å²) in [7, 11) is 3.07. The van der Waals surface area contributed by atoms with Crippen LogP contribution in [0.3, 0.4) is 0 Å². The van der Waals surface area contributed by atoms with E-state index in [1.165, 1.54) is 7.11 Å². The Morgan fingerprint density at radius 2 is 2.00 bits per heavy atom. The molecule has 0 saturated carbocycles. The molecule has 2 rings (SSSR count). The normalized spacial score (nSPS) is 17.5. The van der Waals surface area contributed by atoms with E-state index in [-0.39, 0.29) is 0 Å². The van der Waals surface area contributed by atoms with Crippen LogP contribution in [0.4, 0.5) is 0 Å². The Kier molecular flexibility index (Phi) is 4.81. The van der Waals surface area contributed by atoms with E-state index in [0.717, 1.165) is 13.1 Å². The molecule has 1 atom stereocenters. The molecule has 1 aromatic rings. The maximum absolute atomic E-state index is 11.7. The monoisotopic (exact) mass is 280 g/mol. The molecule has 1 fully saturated rings. The number of nitrogens with zero attached hydrogens (tertiary/aromatic N) is 1. The van der Waals surface area contributed by atoms with E-state index < -0.39 is 12.0 Å². The van der Waals surface area contributed by atoms with E-state index in [4.69, 9.17) is 9.47 Å². The van der Waals surface area contributed by atoms with Crippen LogP contribution in [0, 0.1) is 0 Å². The van der Waals surface area contributed by atoms with Gasteiger partial charge in [-0.1, -0.05) is 12.1 Å². The first-order valence-corrected chi connectivity index (χ1v) is 6.57. The van der Waals surface area contributed by atoms with Crippen LogP contribution in [0.1, 0.15) is 11.6 Å². The van der Waals surface area contributed by atoms with Gasteiger partial charge in [0.25, 0.3) is 0 Å². The van der Waals surface area contributed by atoms with Crippen molar-refractivity contribution in [3.05, 3.63) is 23.8 Å². The van der Waals surface area contributed by atoms with E-state index in [1.54, 1.807) is 25.3 Å². The van der Waals surface area contributed by atoms with Gasteiger partial charge >= 0.3 is 5.97 Å². The van der Waals surface area contributed by atoms with Crippen LogP contribution < -0.4 is 14.8 Å². The minimum absolute atomic E-state index is 0.487. The van der Waals surface area contributed by atoms with Gasteiger partial charge in [0, 0.05) is 31.7 Å². The zero-order valence-corrected chi connectivity index (χ0v) is 11.8. The van der Waals surface area contributed by atoms with Gasteiger partial charge in [0.05, 0.1) is 14.2 Å². The van der Waals surface area contributed by atoms with E-state index in [9.17, 15) is 9.90 Å². The molecule has 1 unspecified atom stereocenters. The molecule has 6 heteroatoms. The highest BCUT2D eigenvalue weighted by atomic mass is 16.5. The second-order valence-corrected chi connectivity index (χ2v) is 4.61. The fraction of sp³-hybridized carbons (Fsp3) is 0.500. The van der Waals surface area contributed by atoms with E-state index in [0.29, 0.717) is 30.2 Å². The van der Waals surface area contributed by atoms with Crippen molar-refractivity contribution in [3.8, 4) is 11.5 Å².